The van der Waals surface area contributed by atoms with Gasteiger partial charge in [-0.2, -0.15) is 5.10 Å². The van der Waals surface area contributed by atoms with Crippen LogP contribution in [0.1, 0.15) is 36.5 Å². The second kappa shape index (κ2) is 7.36. The summed E-state index contributed by atoms with van der Waals surface area (Å²) < 4.78 is 7.29. The number of rotatable bonds is 7. The lowest BCUT2D eigenvalue weighted by Crippen LogP contribution is -2.17. The zero-order chi connectivity index (χ0) is 17.1. The molecule has 0 aromatic carbocycles. The topological polar surface area (TPSA) is 69.0 Å². The van der Waals surface area contributed by atoms with E-state index in [4.69, 9.17) is 14.8 Å². The van der Waals surface area contributed by atoms with Gasteiger partial charge in [0.25, 0.3) is 0 Å². The number of aryl methyl sites for hydroxylation is 1. The molecular weight excluding hydrogens is 304 g/mol. The summed E-state index contributed by atoms with van der Waals surface area (Å²) in [5, 5.41) is 4.74. The van der Waals surface area contributed by atoms with Crippen molar-refractivity contribution in [3.63, 3.8) is 0 Å². The molecule has 0 saturated carbocycles. The van der Waals surface area contributed by atoms with Crippen LogP contribution in [0, 0.1) is 0 Å². The third-order valence-corrected chi connectivity index (χ3v) is 4.37. The fraction of sp³-hybridized carbons (Fsp3) is 0.647. The Kier molecular flexibility index (Phi) is 5.20. The summed E-state index contributed by atoms with van der Waals surface area (Å²) >= 11 is 0. The summed E-state index contributed by atoms with van der Waals surface area (Å²) in [7, 11) is 5.83. The van der Waals surface area contributed by atoms with E-state index in [0.717, 1.165) is 55.3 Å². The highest BCUT2D eigenvalue weighted by molar-refractivity contribution is 5.57. The molecule has 24 heavy (non-hydrogen) atoms. The van der Waals surface area contributed by atoms with E-state index in [1.165, 1.54) is 5.56 Å². The molecule has 1 aliphatic carbocycles. The molecule has 0 bridgehead atoms. The molecular formula is C17H26N6O. The van der Waals surface area contributed by atoms with E-state index in [0.29, 0.717) is 6.61 Å². The first-order chi connectivity index (χ1) is 11.6. The number of methoxy groups -OCH3 is 1. The van der Waals surface area contributed by atoms with Crippen LogP contribution in [0.5, 0.6) is 0 Å². The van der Waals surface area contributed by atoms with Crippen LogP contribution in [0.3, 0.4) is 0 Å². The van der Waals surface area contributed by atoms with Gasteiger partial charge in [-0.1, -0.05) is 0 Å². The Morgan fingerprint density at radius 3 is 2.88 bits per heavy atom. The highest BCUT2D eigenvalue weighted by Crippen LogP contribution is 2.29. The molecule has 2 aromatic rings. The zero-order valence-electron chi connectivity index (χ0n) is 15.0. The molecule has 0 radical (unpaired) electrons. The molecule has 3 rings (SSSR count). The smallest absolute Gasteiger partial charge is 0.177 e. The summed E-state index contributed by atoms with van der Waals surface area (Å²) in [4.78, 5) is 15.9. The predicted molar refractivity (Wildman–Crippen MR) is 91.9 cm³/mol. The number of aromatic nitrogens is 5. The summed E-state index contributed by atoms with van der Waals surface area (Å²) in [6.45, 7) is 3.61. The van der Waals surface area contributed by atoms with Crippen molar-refractivity contribution in [3.8, 4) is 11.5 Å². The van der Waals surface area contributed by atoms with Crippen molar-refractivity contribution in [3.05, 3.63) is 23.4 Å². The van der Waals surface area contributed by atoms with Gasteiger partial charge in [0.2, 0.25) is 0 Å². The van der Waals surface area contributed by atoms with Gasteiger partial charge in [0.15, 0.2) is 11.6 Å². The molecule has 1 aliphatic rings. The van der Waals surface area contributed by atoms with Gasteiger partial charge in [-0.15, -0.1) is 0 Å². The standard InChI is InChI=1S/C17H26N6O/c1-12(10-24-4)23-17(20-15(21-23)8-9-22(2)3)16-13-6-5-7-14(13)18-11-19-16/h11-12H,5-10H2,1-4H3. The van der Waals surface area contributed by atoms with Crippen molar-refractivity contribution in [2.24, 2.45) is 0 Å². The largest absolute Gasteiger partial charge is 0.382 e. The van der Waals surface area contributed by atoms with E-state index in [1.807, 2.05) is 4.68 Å². The number of hydrogen-bond acceptors (Lipinski definition) is 6. The van der Waals surface area contributed by atoms with Crippen molar-refractivity contribution >= 4 is 0 Å². The molecule has 2 heterocycles. The maximum atomic E-state index is 5.32. The predicted octanol–water partition coefficient (Wildman–Crippen LogP) is 1.54. The van der Waals surface area contributed by atoms with Crippen LogP contribution in [0.25, 0.3) is 11.5 Å². The van der Waals surface area contributed by atoms with E-state index >= 15 is 0 Å². The van der Waals surface area contributed by atoms with Gasteiger partial charge in [0, 0.05) is 31.3 Å². The Hall–Kier alpha value is -1.86. The van der Waals surface area contributed by atoms with E-state index in [2.05, 4.69) is 35.9 Å². The molecule has 0 spiro atoms. The third kappa shape index (κ3) is 3.47. The van der Waals surface area contributed by atoms with Crippen molar-refractivity contribution < 1.29 is 4.74 Å². The Labute approximate surface area is 143 Å². The van der Waals surface area contributed by atoms with Gasteiger partial charge >= 0.3 is 0 Å². The molecule has 0 amide bonds. The highest BCUT2D eigenvalue weighted by atomic mass is 16.5. The lowest BCUT2D eigenvalue weighted by molar-refractivity contribution is 0.157. The van der Waals surface area contributed by atoms with Gasteiger partial charge in [0.1, 0.15) is 12.0 Å². The van der Waals surface area contributed by atoms with Crippen LogP contribution in [0.4, 0.5) is 0 Å². The van der Waals surface area contributed by atoms with E-state index < -0.39 is 0 Å². The minimum absolute atomic E-state index is 0.109. The number of ether oxygens (including phenoxy) is 1. The fourth-order valence-electron chi connectivity index (χ4n) is 3.13. The molecule has 2 aromatic heterocycles. The van der Waals surface area contributed by atoms with Crippen molar-refractivity contribution in [2.45, 2.75) is 38.6 Å². The van der Waals surface area contributed by atoms with Crippen molar-refractivity contribution in [1.82, 2.24) is 29.6 Å². The first-order valence-corrected chi connectivity index (χ1v) is 8.52. The summed E-state index contributed by atoms with van der Waals surface area (Å²) in [5.74, 6) is 1.70. The quantitative estimate of drug-likeness (QED) is 0.767. The summed E-state index contributed by atoms with van der Waals surface area (Å²) in [6, 6.07) is 0.109. The number of likely N-dealkylation sites (N-methyl/N-ethyl adjacent to an activating group) is 1. The van der Waals surface area contributed by atoms with Gasteiger partial charge in [0.05, 0.1) is 12.6 Å². The average molecular weight is 330 g/mol. The minimum atomic E-state index is 0.109. The Morgan fingerprint density at radius 1 is 1.29 bits per heavy atom. The van der Waals surface area contributed by atoms with Crippen LogP contribution >= 0.6 is 0 Å². The van der Waals surface area contributed by atoms with Gasteiger partial charge in [-0.05, 0) is 40.3 Å². The summed E-state index contributed by atoms with van der Waals surface area (Å²) in [6.07, 6.45) is 5.65. The Morgan fingerprint density at radius 2 is 2.12 bits per heavy atom. The number of hydrogen-bond donors (Lipinski definition) is 0. The molecule has 130 valence electrons. The van der Waals surface area contributed by atoms with E-state index in [9.17, 15) is 0 Å². The van der Waals surface area contributed by atoms with Crippen LogP contribution in [-0.4, -0.2) is 64.0 Å². The molecule has 0 saturated heterocycles. The van der Waals surface area contributed by atoms with E-state index in [-0.39, 0.29) is 6.04 Å². The fourth-order valence-corrected chi connectivity index (χ4v) is 3.13. The van der Waals surface area contributed by atoms with Crippen LogP contribution in [-0.2, 0) is 24.0 Å². The van der Waals surface area contributed by atoms with E-state index in [1.54, 1.807) is 13.4 Å². The number of fused-ring (bicyclic) bond motifs is 1. The lowest BCUT2D eigenvalue weighted by Gasteiger charge is -2.14. The maximum Gasteiger partial charge on any atom is 0.177 e. The average Bonchev–Trinajstić information content (AvgIpc) is 3.19. The second-order valence-corrected chi connectivity index (χ2v) is 6.65. The highest BCUT2D eigenvalue weighted by Gasteiger charge is 2.24. The molecule has 1 atom stereocenters. The molecule has 0 aliphatic heterocycles. The van der Waals surface area contributed by atoms with Gasteiger partial charge in [-0.3, -0.25) is 0 Å². The number of nitrogens with zero attached hydrogens (tertiary/aromatic N) is 6. The molecule has 7 nitrogen and oxygen atoms in total. The van der Waals surface area contributed by atoms with Gasteiger partial charge in [-0.25, -0.2) is 19.6 Å². The first kappa shape index (κ1) is 17.0. The molecule has 0 N–H and O–H groups in total. The third-order valence-electron chi connectivity index (χ3n) is 4.37. The molecule has 0 fully saturated rings. The SMILES string of the molecule is COCC(C)n1nc(CCN(C)C)nc1-c1ncnc2c1CCC2. The summed E-state index contributed by atoms with van der Waals surface area (Å²) in [5.41, 5.74) is 3.32. The molecule has 1 unspecified atom stereocenters. The maximum absolute atomic E-state index is 5.32. The van der Waals surface area contributed by atoms with Crippen LogP contribution in [0.2, 0.25) is 0 Å². The van der Waals surface area contributed by atoms with Gasteiger partial charge < -0.3 is 9.64 Å². The van der Waals surface area contributed by atoms with Crippen molar-refractivity contribution in [1.29, 1.82) is 0 Å². The van der Waals surface area contributed by atoms with Crippen LogP contribution in [0.15, 0.2) is 6.33 Å². The normalized spacial score (nSPS) is 15.0. The monoisotopic (exact) mass is 330 g/mol. The Balaban J connectivity index is 2.00. The van der Waals surface area contributed by atoms with Crippen molar-refractivity contribution in [2.75, 3.05) is 34.4 Å². The zero-order valence-corrected chi connectivity index (χ0v) is 15.0. The minimum Gasteiger partial charge on any atom is -0.382 e. The Bertz CT molecular complexity index is 696. The second-order valence-electron chi connectivity index (χ2n) is 6.65. The van der Waals surface area contributed by atoms with Crippen LogP contribution < -0.4 is 0 Å². The molecule has 7 heteroatoms. The lowest BCUT2D eigenvalue weighted by atomic mass is 10.1. The first-order valence-electron chi connectivity index (χ1n) is 8.52.